The molecule has 10 heteroatoms. The second-order valence-corrected chi connectivity index (χ2v) is 10.3. The number of anilines is 4. The van der Waals surface area contributed by atoms with Crippen molar-refractivity contribution in [2.75, 3.05) is 62.0 Å². The summed E-state index contributed by atoms with van der Waals surface area (Å²) in [6.07, 6.45) is 16.2. The van der Waals surface area contributed by atoms with E-state index in [1.165, 1.54) is 38.3 Å². The van der Waals surface area contributed by atoms with Crippen molar-refractivity contribution in [3.63, 3.8) is 0 Å². The molecule has 3 aromatic rings. The quantitative estimate of drug-likeness (QED) is 0.293. The number of nitrogens with zero attached hydrogens (tertiary/aromatic N) is 4. The number of morpholine rings is 1. The number of hydrogen-bond acceptors (Lipinski definition) is 9. The number of carbonyl (C=O) groups is 1. The summed E-state index contributed by atoms with van der Waals surface area (Å²) >= 11 is 0. The van der Waals surface area contributed by atoms with Crippen LogP contribution in [0.15, 0.2) is 48.9 Å². The number of pyridine rings is 1. The van der Waals surface area contributed by atoms with E-state index in [-0.39, 0.29) is 5.91 Å². The van der Waals surface area contributed by atoms with Crippen LogP contribution in [-0.4, -0.2) is 71.8 Å². The Morgan fingerprint density at radius 1 is 1.02 bits per heavy atom. The van der Waals surface area contributed by atoms with Gasteiger partial charge in [-0.15, -0.1) is 6.42 Å². The van der Waals surface area contributed by atoms with E-state index in [0.29, 0.717) is 46.8 Å². The molecule has 1 aliphatic carbocycles. The normalized spacial score (nSPS) is 16.0. The van der Waals surface area contributed by atoms with Crippen molar-refractivity contribution in [2.24, 2.45) is 5.92 Å². The van der Waals surface area contributed by atoms with E-state index in [0.717, 1.165) is 45.1 Å². The molecular weight excluding hydrogens is 518 g/mol. The standard InChI is InChI=1S/C31H37N7O3/c1-2-24-20-34-30(22-32-24)37-29-18-28(33-19-23-6-4-3-5-7-23)27(21-35-29)31(39)36-25-8-10-26(11-9-25)41-17-14-38-12-15-40-16-13-38/h1,8-11,18,20-23H,3-7,12-17,19H2,(H,36,39)(H2,33,34,35,37). The summed E-state index contributed by atoms with van der Waals surface area (Å²) in [6, 6.07) is 9.27. The van der Waals surface area contributed by atoms with Gasteiger partial charge >= 0.3 is 0 Å². The van der Waals surface area contributed by atoms with Crippen molar-refractivity contribution in [3.8, 4) is 18.1 Å². The molecule has 0 radical (unpaired) electrons. The predicted molar refractivity (Wildman–Crippen MR) is 160 cm³/mol. The van der Waals surface area contributed by atoms with Gasteiger partial charge in [0.2, 0.25) is 0 Å². The molecule has 5 rings (SSSR count). The molecule has 10 nitrogen and oxygen atoms in total. The number of benzene rings is 1. The summed E-state index contributed by atoms with van der Waals surface area (Å²) < 4.78 is 11.3. The Morgan fingerprint density at radius 2 is 1.80 bits per heavy atom. The first-order valence-electron chi connectivity index (χ1n) is 14.3. The van der Waals surface area contributed by atoms with Crippen molar-refractivity contribution in [1.82, 2.24) is 19.9 Å². The van der Waals surface area contributed by atoms with E-state index >= 15 is 0 Å². The maximum atomic E-state index is 13.4. The lowest BCUT2D eigenvalue weighted by molar-refractivity contribution is 0.0322. The fourth-order valence-corrected chi connectivity index (χ4v) is 5.05. The first kappa shape index (κ1) is 28.3. The Balaban J connectivity index is 1.23. The molecule has 2 aromatic heterocycles. The van der Waals surface area contributed by atoms with Crippen LogP contribution in [-0.2, 0) is 4.74 Å². The molecule has 1 aliphatic heterocycles. The topological polar surface area (TPSA) is 114 Å². The third-order valence-electron chi connectivity index (χ3n) is 7.40. The number of nitrogens with one attached hydrogen (secondary N) is 3. The van der Waals surface area contributed by atoms with Gasteiger partial charge < -0.3 is 25.4 Å². The van der Waals surface area contributed by atoms with Crippen LogP contribution in [0, 0.1) is 18.3 Å². The molecular formula is C31H37N7O3. The van der Waals surface area contributed by atoms with Gasteiger partial charge in [0.1, 0.15) is 29.7 Å². The van der Waals surface area contributed by atoms with Gasteiger partial charge in [-0.05, 0) is 48.9 Å². The highest BCUT2D eigenvalue weighted by Crippen LogP contribution is 2.27. The average molecular weight is 556 g/mol. The highest BCUT2D eigenvalue weighted by Gasteiger charge is 2.18. The number of ether oxygens (including phenoxy) is 2. The zero-order chi connectivity index (χ0) is 28.3. The molecule has 0 atom stereocenters. The summed E-state index contributed by atoms with van der Waals surface area (Å²) in [5, 5.41) is 9.66. The van der Waals surface area contributed by atoms with E-state index in [4.69, 9.17) is 15.9 Å². The second-order valence-electron chi connectivity index (χ2n) is 10.3. The summed E-state index contributed by atoms with van der Waals surface area (Å²) in [6.45, 7) is 5.69. The smallest absolute Gasteiger partial charge is 0.259 e. The Kier molecular flexibility index (Phi) is 9.98. The first-order chi connectivity index (χ1) is 20.2. The maximum absolute atomic E-state index is 13.4. The van der Waals surface area contributed by atoms with Gasteiger partial charge in [0.15, 0.2) is 0 Å². The van der Waals surface area contributed by atoms with Crippen LogP contribution in [0.4, 0.5) is 23.0 Å². The number of rotatable bonds is 11. The minimum absolute atomic E-state index is 0.241. The number of carbonyl (C=O) groups excluding carboxylic acids is 1. The third-order valence-corrected chi connectivity index (χ3v) is 7.40. The van der Waals surface area contributed by atoms with Crippen LogP contribution < -0.4 is 20.7 Å². The van der Waals surface area contributed by atoms with Crippen LogP contribution in [0.5, 0.6) is 5.75 Å². The lowest BCUT2D eigenvalue weighted by Crippen LogP contribution is -2.38. The fourth-order valence-electron chi connectivity index (χ4n) is 5.05. The zero-order valence-electron chi connectivity index (χ0n) is 23.3. The Bertz CT molecular complexity index is 1310. The minimum atomic E-state index is -0.241. The number of hydrogen-bond donors (Lipinski definition) is 3. The molecule has 41 heavy (non-hydrogen) atoms. The van der Waals surface area contributed by atoms with Crippen molar-refractivity contribution < 1.29 is 14.3 Å². The molecule has 3 heterocycles. The summed E-state index contributed by atoms with van der Waals surface area (Å²) in [7, 11) is 0. The fraction of sp³-hybridized carbons (Fsp3) is 0.419. The molecule has 214 valence electrons. The first-order valence-corrected chi connectivity index (χ1v) is 14.3. The summed E-state index contributed by atoms with van der Waals surface area (Å²) in [5.74, 6) is 4.63. The van der Waals surface area contributed by atoms with Crippen LogP contribution in [0.2, 0.25) is 0 Å². The monoisotopic (exact) mass is 555 g/mol. The van der Waals surface area contributed by atoms with Gasteiger partial charge in [0, 0.05) is 44.1 Å². The van der Waals surface area contributed by atoms with Crippen LogP contribution >= 0.6 is 0 Å². The molecule has 2 fully saturated rings. The van der Waals surface area contributed by atoms with E-state index in [2.05, 4.69) is 41.7 Å². The van der Waals surface area contributed by atoms with E-state index in [1.807, 2.05) is 30.3 Å². The van der Waals surface area contributed by atoms with Gasteiger partial charge in [0.05, 0.1) is 36.9 Å². The van der Waals surface area contributed by atoms with E-state index < -0.39 is 0 Å². The lowest BCUT2D eigenvalue weighted by Gasteiger charge is -2.26. The summed E-state index contributed by atoms with van der Waals surface area (Å²) in [5.41, 5.74) is 2.31. The van der Waals surface area contributed by atoms with Crippen molar-refractivity contribution >= 4 is 28.9 Å². The zero-order valence-corrected chi connectivity index (χ0v) is 23.3. The third kappa shape index (κ3) is 8.39. The van der Waals surface area contributed by atoms with Gasteiger partial charge in [-0.3, -0.25) is 9.69 Å². The predicted octanol–water partition coefficient (Wildman–Crippen LogP) is 4.55. The number of aromatic nitrogens is 3. The molecule has 0 bridgehead atoms. The van der Waals surface area contributed by atoms with Gasteiger partial charge in [-0.1, -0.05) is 19.3 Å². The Labute approximate surface area is 241 Å². The van der Waals surface area contributed by atoms with Gasteiger partial charge in [-0.25, -0.2) is 15.0 Å². The molecule has 0 spiro atoms. The Morgan fingerprint density at radius 3 is 2.54 bits per heavy atom. The van der Waals surface area contributed by atoms with Crippen molar-refractivity contribution in [3.05, 3.63) is 60.2 Å². The van der Waals surface area contributed by atoms with Crippen LogP contribution in [0.1, 0.15) is 48.2 Å². The number of terminal acetylenes is 1. The van der Waals surface area contributed by atoms with E-state index in [9.17, 15) is 4.79 Å². The van der Waals surface area contributed by atoms with Crippen LogP contribution in [0.25, 0.3) is 0 Å². The van der Waals surface area contributed by atoms with Gasteiger partial charge in [-0.2, -0.15) is 0 Å². The lowest BCUT2D eigenvalue weighted by atomic mass is 9.89. The maximum Gasteiger partial charge on any atom is 0.259 e. The molecule has 1 amide bonds. The highest BCUT2D eigenvalue weighted by molar-refractivity contribution is 6.08. The molecule has 0 unspecified atom stereocenters. The second kappa shape index (κ2) is 14.4. The van der Waals surface area contributed by atoms with Crippen LogP contribution in [0.3, 0.4) is 0 Å². The highest BCUT2D eigenvalue weighted by atomic mass is 16.5. The van der Waals surface area contributed by atoms with E-state index in [1.54, 1.807) is 12.4 Å². The molecule has 2 aliphatic rings. The van der Waals surface area contributed by atoms with Crippen molar-refractivity contribution in [2.45, 2.75) is 32.1 Å². The Hall–Kier alpha value is -4.20. The molecule has 1 saturated heterocycles. The number of amides is 1. The minimum Gasteiger partial charge on any atom is -0.492 e. The SMILES string of the molecule is C#Cc1cnc(Nc2cc(NCC3CCCCC3)c(C(=O)Nc3ccc(OCCN4CCOCC4)cc3)cn2)cn1. The van der Waals surface area contributed by atoms with Crippen molar-refractivity contribution in [1.29, 1.82) is 0 Å². The largest absolute Gasteiger partial charge is 0.492 e. The molecule has 3 N–H and O–H groups in total. The average Bonchev–Trinajstić information content (AvgIpc) is 3.02. The molecule has 1 saturated carbocycles. The summed E-state index contributed by atoms with van der Waals surface area (Å²) in [4.78, 5) is 28.6. The molecule has 1 aromatic carbocycles. The van der Waals surface area contributed by atoms with Gasteiger partial charge in [0.25, 0.3) is 5.91 Å².